The van der Waals surface area contributed by atoms with E-state index < -0.39 is 17.0 Å². The molecule has 7 heteroatoms. The van der Waals surface area contributed by atoms with Crippen molar-refractivity contribution in [2.24, 2.45) is 11.1 Å². The first-order valence-corrected chi connectivity index (χ1v) is 15.8. The van der Waals surface area contributed by atoms with Crippen LogP contribution < -0.4 is 11.1 Å². The van der Waals surface area contributed by atoms with Gasteiger partial charge in [-0.1, -0.05) is 90.5 Å². The first-order chi connectivity index (χ1) is 21.4. The fraction of sp³-hybridized carbons (Fsp3) is 0.395. The van der Waals surface area contributed by atoms with Gasteiger partial charge in [-0.25, -0.2) is 0 Å². The zero-order valence-corrected chi connectivity index (χ0v) is 27.4. The molecule has 1 atom stereocenters. The Morgan fingerprint density at radius 2 is 1.53 bits per heavy atom. The number of nitrogens with one attached hydrogen (secondary N) is 1. The molecule has 3 amide bonds. The minimum absolute atomic E-state index is 0.00234. The van der Waals surface area contributed by atoms with Crippen LogP contribution >= 0.6 is 0 Å². The molecule has 0 aliphatic carbocycles. The van der Waals surface area contributed by atoms with Crippen molar-refractivity contribution in [3.8, 4) is 11.1 Å². The van der Waals surface area contributed by atoms with E-state index in [1.807, 2.05) is 92.4 Å². The maximum Gasteiger partial charge on any atom is 0.246 e. The summed E-state index contributed by atoms with van der Waals surface area (Å²) in [6.07, 6.45) is 4.24. The third-order valence-electron chi connectivity index (χ3n) is 8.85. The van der Waals surface area contributed by atoms with Crippen LogP contribution in [0.2, 0.25) is 0 Å². The van der Waals surface area contributed by atoms with E-state index in [-0.39, 0.29) is 17.7 Å². The van der Waals surface area contributed by atoms with E-state index >= 15 is 0 Å². The predicted molar refractivity (Wildman–Crippen MR) is 181 cm³/mol. The zero-order chi connectivity index (χ0) is 32.6. The van der Waals surface area contributed by atoms with E-state index in [1.165, 1.54) is 0 Å². The van der Waals surface area contributed by atoms with Gasteiger partial charge in [-0.15, -0.1) is 0 Å². The second-order valence-corrected chi connectivity index (χ2v) is 13.2. The Bertz CT molecular complexity index is 1490. The Morgan fingerprint density at radius 3 is 2.13 bits per heavy atom. The molecule has 0 radical (unpaired) electrons. The molecule has 3 aromatic carbocycles. The molecule has 1 saturated heterocycles. The van der Waals surface area contributed by atoms with Gasteiger partial charge in [0, 0.05) is 45.2 Å². The van der Waals surface area contributed by atoms with Gasteiger partial charge in [0.15, 0.2) is 0 Å². The number of amides is 3. The molecule has 45 heavy (non-hydrogen) atoms. The number of nitrogens with zero attached hydrogens (tertiary/aromatic N) is 2. The average Bonchev–Trinajstić information content (AvgIpc) is 3.03. The molecule has 0 bridgehead atoms. The molecule has 1 aliphatic heterocycles. The molecule has 0 aromatic heterocycles. The Kier molecular flexibility index (Phi) is 11.0. The second-order valence-electron chi connectivity index (χ2n) is 13.2. The Labute approximate surface area is 268 Å². The number of likely N-dealkylation sites (N-methyl/N-ethyl adjacent to an activating group) is 1. The highest BCUT2D eigenvalue weighted by Gasteiger charge is 2.43. The lowest BCUT2D eigenvalue weighted by Crippen LogP contribution is -2.55. The first-order valence-electron chi connectivity index (χ1n) is 15.8. The van der Waals surface area contributed by atoms with Crippen LogP contribution in [0.1, 0.15) is 51.2 Å². The summed E-state index contributed by atoms with van der Waals surface area (Å²) in [6.45, 7) is 6.64. The van der Waals surface area contributed by atoms with Crippen molar-refractivity contribution in [3.05, 3.63) is 108 Å². The standard InChI is InChI=1S/C38H48N4O3/c1-28(26-37(2,3)39)24-34(43)41(5)33(25-31-18-12-13-19-32(31)30-16-10-7-11-17-30)35(44)42-22-20-38(21-23-42,36(45)40-4)27-29-14-8-6-9-15-29/h6-19,24,33H,20-23,25-27,39H2,1-5H3,(H,40,45)/t33-/m1/s1. The SMILES string of the molecule is CNC(=O)C1(Cc2ccccc2)CCN(C(=O)[C@@H](Cc2ccccc2-c2ccccc2)N(C)C(=O)C=C(C)CC(C)(C)N)CC1. The minimum atomic E-state index is -0.723. The number of piperidine rings is 1. The summed E-state index contributed by atoms with van der Waals surface area (Å²) in [5.41, 5.74) is 10.2. The highest BCUT2D eigenvalue weighted by molar-refractivity contribution is 5.94. The summed E-state index contributed by atoms with van der Waals surface area (Å²) in [4.78, 5) is 44.7. The van der Waals surface area contributed by atoms with Crippen LogP contribution in [0, 0.1) is 5.41 Å². The highest BCUT2D eigenvalue weighted by atomic mass is 16.2. The third-order valence-corrected chi connectivity index (χ3v) is 8.85. The number of rotatable bonds is 11. The molecule has 1 heterocycles. The summed E-state index contributed by atoms with van der Waals surface area (Å²) < 4.78 is 0. The molecule has 1 aliphatic rings. The van der Waals surface area contributed by atoms with Crippen LogP contribution in [0.4, 0.5) is 0 Å². The van der Waals surface area contributed by atoms with Gasteiger partial charge in [-0.05, 0) is 68.7 Å². The van der Waals surface area contributed by atoms with Gasteiger partial charge in [0.25, 0.3) is 0 Å². The van der Waals surface area contributed by atoms with Gasteiger partial charge in [0.1, 0.15) is 6.04 Å². The molecule has 4 rings (SSSR count). The average molecular weight is 609 g/mol. The van der Waals surface area contributed by atoms with E-state index in [0.29, 0.717) is 45.2 Å². The topological polar surface area (TPSA) is 95.7 Å². The van der Waals surface area contributed by atoms with Crippen LogP contribution in [0.15, 0.2) is 96.6 Å². The summed E-state index contributed by atoms with van der Waals surface area (Å²) in [7, 11) is 3.39. The first kappa shape index (κ1) is 33.7. The molecule has 7 nitrogen and oxygen atoms in total. The van der Waals surface area contributed by atoms with Crippen molar-refractivity contribution < 1.29 is 14.4 Å². The van der Waals surface area contributed by atoms with E-state index in [9.17, 15) is 14.4 Å². The summed E-state index contributed by atoms with van der Waals surface area (Å²) >= 11 is 0. The molecule has 3 aromatic rings. The Balaban J connectivity index is 1.62. The zero-order valence-electron chi connectivity index (χ0n) is 27.4. The second kappa shape index (κ2) is 14.7. The molecule has 0 spiro atoms. The lowest BCUT2D eigenvalue weighted by molar-refractivity contribution is -0.146. The third kappa shape index (κ3) is 8.70. The van der Waals surface area contributed by atoms with Crippen molar-refractivity contribution in [1.82, 2.24) is 15.1 Å². The molecule has 1 fully saturated rings. The fourth-order valence-corrected chi connectivity index (χ4v) is 6.53. The van der Waals surface area contributed by atoms with Crippen molar-refractivity contribution in [3.63, 3.8) is 0 Å². The number of benzene rings is 3. The van der Waals surface area contributed by atoms with E-state index in [1.54, 1.807) is 25.1 Å². The van der Waals surface area contributed by atoms with E-state index in [2.05, 4.69) is 23.5 Å². The summed E-state index contributed by atoms with van der Waals surface area (Å²) in [5, 5.41) is 2.87. The van der Waals surface area contributed by atoms with E-state index in [0.717, 1.165) is 27.8 Å². The Morgan fingerprint density at radius 1 is 0.956 bits per heavy atom. The van der Waals surface area contributed by atoms with Gasteiger partial charge < -0.3 is 20.9 Å². The van der Waals surface area contributed by atoms with Crippen LogP contribution in [0.25, 0.3) is 11.1 Å². The van der Waals surface area contributed by atoms with Crippen LogP contribution in [-0.2, 0) is 27.2 Å². The smallest absolute Gasteiger partial charge is 0.246 e. The molecule has 238 valence electrons. The number of likely N-dealkylation sites (tertiary alicyclic amines) is 1. The Hall–Kier alpha value is -4.23. The van der Waals surface area contributed by atoms with Crippen molar-refractivity contribution in [2.45, 2.75) is 64.5 Å². The highest BCUT2D eigenvalue weighted by Crippen LogP contribution is 2.36. The van der Waals surface area contributed by atoms with Gasteiger partial charge >= 0.3 is 0 Å². The monoisotopic (exact) mass is 608 g/mol. The van der Waals surface area contributed by atoms with E-state index in [4.69, 9.17) is 5.73 Å². The number of carbonyl (C=O) groups excluding carboxylic acids is 3. The van der Waals surface area contributed by atoms with Crippen molar-refractivity contribution in [2.75, 3.05) is 27.2 Å². The number of nitrogens with two attached hydrogens (primary N) is 1. The predicted octanol–water partition coefficient (Wildman–Crippen LogP) is 5.39. The molecular weight excluding hydrogens is 560 g/mol. The lowest BCUT2D eigenvalue weighted by atomic mass is 9.73. The maximum atomic E-state index is 14.4. The summed E-state index contributed by atoms with van der Waals surface area (Å²) in [6, 6.07) is 27.5. The largest absolute Gasteiger partial charge is 0.359 e. The molecule has 0 saturated carbocycles. The molecule has 3 N–H and O–H groups in total. The van der Waals surface area contributed by atoms with Gasteiger partial charge in [0.05, 0.1) is 5.41 Å². The number of carbonyl (C=O) groups is 3. The quantitative estimate of drug-likeness (QED) is 0.285. The lowest BCUT2D eigenvalue weighted by Gasteiger charge is -2.42. The van der Waals surface area contributed by atoms with Gasteiger partial charge in [0.2, 0.25) is 17.7 Å². The maximum absolute atomic E-state index is 14.4. The minimum Gasteiger partial charge on any atom is -0.359 e. The fourth-order valence-electron chi connectivity index (χ4n) is 6.53. The van der Waals surface area contributed by atoms with Crippen LogP contribution in [0.3, 0.4) is 0 Å². The van der Waals surface area contributed by atoms with Crippen molar-refractivity contribution in [1.29, 1.82) is 0 Å². The van der Waals surface area contributed by atoms with Gasteiger partial charge in [-0.3, -0.25) is 14.4 Å². The van der Waals surface area contributed by atoms with Crippen LogP contribution in [0.5, 0.6) is 0 Å². The summed E-state index contributed by atoms with van der Waals surface area (Å²) in [5.74, 6) is -0.334. The normalized spacial score (nSPS) is 15.7. The number of hydrogen-bond acceptors (Lipinski definition) is 4. The van der Waals surface area contributed by atoms with Crippen molar-refractivity contribution >= 4 is 17.7 Å². The number of hydrogen-bond donors (Lipinski definition) is 2. The van der Waals surface area contributed by atoms with Gasteiger partial charge in [-0.2, -0.15) is 0 Å². The van der Waals surface area contributed by atoms with Crippen LogP contribution in [-0.4, -0.2) is 66.3 Å². The molecular formula is C38H48N4O3. The molecule has 0 unspecified atom stereocenters.